The molecular formula is C55H49N. The highest BCUT2D eigenvalue weighted by Gasteiger charge is 2.51. The summed E-state index contributed by atoms with van der Waals surface area (Å²) in [6.07, 6.45) is 8.65. The van der Waals surface area contributed by atoms with Crippen molar-refractivity contribution in [3.63, 3.8) is 0 Å². The molecule has 4 saturated carbocycles. The quantitative estimate of drug-likeness (QED) is 0.158. The summed E-state index contributed by atoms with van der Waals surface area (Å²) in [7, 11) is 0. The molecule has 4 fully saturated rings. The molecule has 0 aliphatic heterocycles. The maximum absolute atomic E-state index is 2.52. The lowest BCUT2D eigenvalue weighted by Gasteiger charge is -2.57. The summed E-state index contributed by atoms with van der Waals surface area (Å²) in [6.45, 7) is 4.75. The fourth-order valence-corrected chi connectivity index (χ4v) is 12.0. The Morgan fingerprint density at radius 1 is 0.429 bits per heavy atom. The predicted molar refractivity (Wildman–Crippen MR) is 235 cm³/mol. The van der Waals surface area contributed by atoms with Gasteiger partial charge in [-0.05, 0) is 142 Å². The van der Waals surface area contributed by atoms with Gasteiger partial charge in [-0.1, -0.05) is 153 Å². The molecule has 5 aliphatic rings. The number of hydrogen-bond donors (Lipinski definition) is 0. The molecule has 5 aliphatic carbocycles. The van der Waals surface area contributed by atoms with Gasteiger partial charge >= 0.3 is 0 Å². The van der Waals surface area contributed by atoms with Gasteiger partial charge < -0.3 is 4.90 Å². The van der Waals surface area contributed by atoms with Crippen LogP contribution in [0.15, 0.2) is 170 Å². The first-order chi connectivity index (χ1) is 27.4. The molecule has 274 valence electrons. The van der Waals surface area contributed by atoms with Gasteiger partial charge in [0.15, 0.2) is 0 Å². The normalized spacial score (nSPS) is 22.4. The molecule has 0 aromatic heterocycles. The van der Waals surface area contributed by atoms with Crippen molar-refractivity contribution < 1.29 is 0 Å². The van der Waals surface area contributed by atoms with Crippen LogP contribution in [0.3, 0.4) is 0 Å². The minimum atomic E-state index is -0.0980. The molecule has 1 nitrogen and oxygen atoms in total. The van der Waals surface area contributed by atoms with Crippen molar-refractivity contribution in [3.05, 3.63) is 187 Å². The van der Waals surface area contributed by atoms with Crippen LogP contribution in [-0.4, -0.2) is 0 Å². The SMILES string of the molecule is CC1(C)c2ccccc2-c2c(N(c3ccc(-c4ccccc4)cc3)c3ccc(-c4ccc(C56CC7CC(CC(C7)C5)C6)cc4)cc3-c3ccccc3)cccc21. The molecule has 0 unspecified atom stereocenters. The molecule has 0 atom stereocenters. The van der Waals surface area contributed by atoms with Gasteiger partial charge in [-0.25, -0.2) is 0 Å². The second kappa shape index (κ2) is 13.0. The lowest BCUT2D eigenvalue weighted by Crippen LogP contribution is -2.48. The van der Waals surface area contributed by atoms with Crippen LogP contribution in [0.2, 0.25) is 0 Å². The van der Waals surface area contributed by atoms with Crippen LogP contribution in [0.25, 0.3) is 44.5 Å². The van der Waals surface area contributed by atoms with Crippen molar-refractivity contribution in [1.29, 1.82) is 0 Å². The smallest absolute Gasteiger partial charge is 0.0543 e. The Hall–Kier alpha value is -5.66. The number of fused-ring (bicyclic) bond motifs is 3. The third kappa shape index (κ3) is 5.42. The van der Waals surface area contributed by atoms with Crippen LogP contribution in [0, 0.1) is 17.8 Å². The summed E-state index contributed by atoms with van der Waals surface area (Å²) in [5.74, 6) is 2.85. The zero-order valence-corrected chi connectivity index (χ0v) is 32.6. The fraction of sp³-hybridized carbons (Fsp3) is 0.236. The first kappa shape index (κ1) is 33.7. The Labute approximate surface area is 332 Å². The van der Waals surface area contributed by atoms with Gasteiger partial charge in [0.1, 0.15) is 0 Å². The van der Waals surface area contributed by atoms with E-state index in [9.17, 15) is 0 Å². The van der Waals surface area contributed by atoms with Crippen molar-refractivity contribution in [2.24, 2.45) is 17.8 Å². The van der Waals surface area contributed by atoms with E-state index in [1.807, 2.05) is 0 Å². The van der Waals surface area contributed by atoms with E-state index in [-0.39, 0.29) is 5.41 Å². The van der Waals surface area contributed by atoms with Gasteiger partial charge in [0.05, 0.1) is 11.4 Å². The Morgan fingerprint density at radius 3 is 1.64 bits per heavy atom. The third-order valence-electron chi connectivity index (χ3n) is 14.3. The van der Waals surface area contributed by atoms with Crippen LogP contribution in [-0.2, 0) is 10.8 Å². The van der Waals surface area contributed by atoms with Gasteiger partial charge in [0, 0.05) is 22.2 Å². The van der Waals surface area contributed by atoms with E-state index in [1.165, 1.54) is 106 Å². The number of benzene rings is 7. The van der Waals surface area contributed by atoms with Crippen LogP contribution in [0.5, 0.6) is 0 Å². The van der Waals surface area contributed by atoms with Crippen molar-refractivity contribution in [2.75, 3.05) is 4.90 Å². The topological polar surface area (TPSA) is 3.24 Å². The molecule has 0 N–H and O–H groups in total. The van der Waals surface area contributed by atoms with Crippen LogP contribution >= 0.6 is 0 Å². The minimum Gasteiger partial charge on any atom is -0.309 e. The Kier molecular flexibility index (Phi) is 7.79. The summed E-state index contributed by atoms with van der Waals surface area (Å²) in [6, 6.07) is 63.8. The van der Waals surface area contributed by atoms with Crippen LogP contribution in [0.4, 0.5) is 17.1 Å². The highest BCUT2D eigenvalue weighted by atomic mass is 15.1. The number of hydrogen-bond acceptors (Lipinski definition) is 1. The third-order valence-corrected chi connectivity index (χ3v) is 14.3. The van der Waals surface area contributed by atoms with E-state index >= 15 is 0 Å². The van der Waals surface area contributed by atoms with E-state index in [0.29, 0.717) is 5.41 Å². The van der Waals surface area contributed by atoms with Gasteiger partial charge in [0.25, 0.3) is 0 Å². The molecule has 56 heavy (non-hydrogen) atoms. The zero-order valence-electron chi connectivity index (χ0n) is 32.6. The summed E-state index contributed by atoms with van der Waals surface area (Å²) < 4.78 is 0. The highest BCUT2D eigenvalue weighted by Crippen LogP contribution is 2.61. The average Bonchev–Trinajstić information content (AvgIpc) is 3.48. The van der Waals surface area contributed by atoms with Gasteiger partial charge in [-0.2, -0.15) is 0 Å². The first-order valence-electron chi connectivity index (χ1n) is 20.9. The van der Waals surface area contributed by atoms with Gasteiger partial charge in [-0.3, -0.25) is 0 Å². The summed E-state index contributed by atoms with van der Waals surface area (Å²) in [5, 5.41) is 0. The van der Waals surface area contributed by atoms with Gasteiger partial charge in [-0.15, -0.1) is 0 Å². The highest BCUT2D eigenvalue weighted by molar-refractivity contribution is 5.98. The van der Waals surface area contributed by atoms with Crippen molar-refractivity contribution in [3.8, 4) is 44.5 Å². The van der Waals surface area contributed by atoms with Crippen molar-refractivity contribution in [1.82, 2.24) is 0 Å². The molecule has 0 radical (unpaired) electrons. The molecule has 7 aromatic carbocycles. The molecule has 1 heteroatoms. The van der Waals surface area contributed by atoms with Crippen molar-refractivity contribution >= 4 is 17.1 Å². The van der Waals surface area contributed by atoms with E-state index < -0.39 is 0 Å². The standard InChI is InChI=1S/C55H49N/c1-54(2)49-17-10-9-16-47(49)53-50(54)18-11-19-52(53)56(46-27-22-41(23-28-46)40-12-5-3-6-13-40)51-29-24-44(33-48(51)43-14-7-4-8-15-43)42-20-25-45(26-21-42)55-34-37-30-38(35-55)32-39(31-37)36-55/h3-29,33,37-39H,30-32,34-36H2,1-2H3. The largest absolute Gasteiger partial charge is 0.309 e. The molecular weight excluding hydrogens is 675 g/mol. The van der Waals surface area contributed by atoms with Crippen molar-refractivity contribution in [2.45, 2.75) is 63.2 Å². The Bertz CT molecular complexity index is 2530. The Morgan fingerprint density at radius 2 is 0.964 bits per heavy atom. The van der Waals surface area contributed by atoms with E-state index in [1.54, 1.807) is 5.56 Å². The molecule has 12 rings (SSSR count). The maximum atomic E-state index is 2.52. The molecule has 0 spiro atoms. The summed E-state index contributed by atoms with van der Waals surface area (Å²) in [5.41, 5.74) is 18.3. The number of nitrogens with zero attached hydrogens (tertiary/aromatic N) is 1. The van der Waals surface area contributed by atoms with Gasteiger partial charge in [0.2, 0.25) is 0 Å². The predicted octanol–water partition coefficient (Wildman–Crippen LogP) is 14.9. The molecule has 0 heterocycles. The lowest BCUT2D eigenvalue weighted by atomic mass is 9.48. The number of rotatable bonds is 7. The Balaban J connectivity index is 1.07. The molecule has 7 aromatic rings. The summed E-state index contributed by atoms with van der Waals surface area (Å²) in [4.78, 5) is 2.52. The maximum Gasteiger partial charge on any atom is 0.0543 e. The average molecular weight is 724 g/mol. The van der Waals surface area contributed by atoms with Crippen LogP contribution in [0.1, 0.15) is 69.1 Å². The minimum absolute atomic E-state index is 0.0980. The molecule has 0 saturated heterocycles. The lowest BCUT2D eigenvalue weighted by molar-refractivity contribution is -0.00518. The molecule has 4 bridgehead atoms. The van der Waals surface area contributed by atoms with E-state index in [0.717, 1.165) is 23.4 Å². The zero-order chi connectivity index (χ0) is 37.4. The number of anilines is 3. The molecule has 0 amide bonds. The second-order valence-electron chi connectivity index (χ2n) is 18.0. The van der Waals surface area contributed by atoms with E-state index in [4.69, 9.17) is 0 Å². The first-order valence-corrected chi connectivity index (χ1v) is 20.9. The second-order valence-corrected chi connectivity index (χ2v) is 18.0. The summed E-state index contributed by atoms with van der Waals surface area (Å²) >= 11 is 0. The van der Waals surface area contributed by atoms with Crippen LogP contribution < -0.4 is 4.90 Å². The fourth-order valence-electron chi connectivity index (χ4n) is 12.0. The monoisotopic (exact) mass is 723 g/mol. The van der Waals surface area contributed by atoms with E-state index in [2.05, 4.69) is 189 Å².